The molecule has 4 rings (SSSR count). The summed E-state index contributed by atoms with van der Waals surface area (Å²) in [6.45, 7) is 7.00. The molecule has 1 aromatic carbocycles. The van der Waals surface area contributed by atoms with Crippen LogP contribution in [0.4, 0.5) is 0 Å². The lowest BCUT2D eigenvalue weighted by molar-refractivity contribution is 0.125. The molecule has 3 aromatic rings. The molecule has 0 bridgehead atoms. The molecule has 0 saturated carbocycles. The van der Waals surface area contributed by atoms with Crippen molar-refractivity contribution in [2.45, 2.75) is 19.5 Å². The van der Waals surface area contributed by atoms with Crippen molar-refractivity contribution in [3.8, 4) is 0 Å². The van der Waals surface area contributed by atoms with E-state index in [0.717, 1.165) is 50.3 Å². The molecular weight excluding hydrogens is 439 g/mol. The Morgan fingerprint density at radius 1 is 0.871 bits per heavy atom. The van der Waals surface area contributed by atoms with Crippen LogP contribution in [0, 0.1) is 0 Å². The topological polar surface area (TPSA) is 68.3 Å². The number of hydrogen-bond acceptors (Lipinski definition) is 5. The molecule has 1 aliphatic heterocycles. The predicted octanol–water partition coefficient (Wildman–Crippen LogP) is 1.49. The summed E-state index contributed by atoms with van der Waals surface area (Å²) < 4.78 is 4.45. The second-order valence-corrected chi connectivity index (χ2v) is 7.77. The van der Waals surface area contributed by atoms with Crippen molar-refractivity contribution < 1.29 is 0 Å². The van der Waals surface area contributed by atoms with Gasteiger partial charge in [0.25, 0.3) is 5.56 Å². The van der Waals surface area contributed by atoms with E-state index < -0.39 is 0 Å². The minimum Gasteiger partial charge on any atom is -0.325 e. The number of nitrogens with zero attached hydrogens (tertiary/aromatic N) is 6. The molecule has 170 valence electrons. The molecule has 1 fully saturated rings. The third-order valence-electron chi connectivity index (χ3n) is 5.80. The van der Waals surface area contributed by atoms with Gasteiger partial charge in [-0.1, -0.05) is 30.3 Å². The third-order valence-corrected chi connectivity index (χ3v) is 5.80. The largest absolute Gasteiger partial charge is 0.332 e. The predicted molar refractivity (Wildman–Crippen MR) is 127 cm³/mol. The third kappa shape index (κ3) is 5.38. The number of hydrogen-bond donors (Lipinski definition) is 0. The zero-order valence-corrected chi connectivity index (χ0v) is 19.6. The van der Waals surface area contributed by atoms with E-state index >= 15 is 0 Å². The van der Waals surface area contributed by atoms with Crippen LogP contribution in [0.25, 0.3) is 11.2 Å². The average molecular weight is 469 g/mol. The van der Waals surface area contributed by atoms with Crippen LogP contribution in [0.3, 0.4) is 0 Å². The summed E-state index contributed by atoms with van der Waals surface area (Å²) >= 11 is 0. The van der Waals surface area contributed by atoms with Gasteiger partial charge in [0, 0.05) is 53.4 Å². The number of benzene rings is 1. The molecule has 0 aliphatic carbocycles. The van der Waals surface area contributed by atoms with Crippen LogP contribution in [0.15, 0.2) is 46.2 Å². The summed E-state index contributed by atoms with van der Waals surface area (Å²) in [4.78, 5) is 33.8. The first-order chi connectivity index (χ1) is 14.0. The summed E-state index contributed by atoms with van der Waals surface area (Å²) in [5, 5.41) is 0. The molecule has 2 aromatic heterocycles. The maximum absolute atomic E-state index is 12.5. The monoisotopic (exact) mass is 468 g/mol. The van der Waals surface area contributed by atoms with E-state index in [1.807, 2.05) is 4.57 Å². The lowest BCUT2D eigenvalue weighted by Gasteiger charge is -2.34. The maximum Gasteiger partial charge on any atom is 0.332 e. The van der Waals surface area contributed by atoms with Gasteiger partial charge >= 0.3 is 5.69 Å². The Kier molecular flexibility index (Phi) is 8.88. The molecule has 0 amide bonds. The minimum absolute atomic E-state index is 0. The van der Waals surface area contributed by atoms with E-state index in [2.05, 4.69) is 45.1 Å². The van der Waals surface area contributed by atoms with Crippen molar-refractivity contribution >= 4 is 36.0 Å². The summed E-state index contributed by atoms with van der Waals surface area (Å²) in [6, 6.07) is 10.6. The van der Waals surface area contributed by atoms with Crippen molar-refractivity contribution in [3.63, 3.8) is 0 Å². The zero-order valence-electron chi connectivity index (χ0n) is 17.9. The first kappa shape index (κ1) is 25.1. The highest BCUT2D eigenvalue weighted by Crippen LogP contribution is 2.10. The van der Waals surface area contributed by atoms with E-state index in [1.54, 1.807) is 13.4 Å². The lowest BCUT2D eigenvalue weighted by atomic mass is 10.2. The van der Waals surface area contributed by atoms with E-state index in [9.17, 15) is 9.59 Å². The summed E-state index contributed by atoms with van der Waals surface area (Å²) in [5.74, 6) is 0. The van der Waals surface area contributed by atoms with E-state index in [4.69, 9.17) is 0 Å². The molecule has 10 heteroatoms. The van der Waals surface area contributed by atoms with Crippen LogP contribution in [-0.2, 0) is 27.2 Å². The van der Waals surface area contributed by atoms with Gasteiger partial charge in [-0.25, -0.2) is 9.78 Å². The van der Waals surface area contributed by atoms with Crippen molar-refractivity contribution in [1.29, 1.82) is 0 Å². The Morgan fingerprint density at radius 3 is 2.19 bits per heavy atom. The molecule has 31 heavy (non-hydrogen) atoms. The van der Waals surface area contributed by atoms with E-state index in [-0.39, 0.29) is 36.1 Å². The van der Waals surface area contributed by atoms with Crippen LogP contribution in [0.2, 0.25) is 0 Å². The Labute approximate surface area is 193 Å². The molecule has 0 spiro atoms. The number of rotatable bonds is 6. The van der Waals surface area contributed by atoms with Gasteiger partial charge in [-0.15, -0.1) is 24.8 Å². The number of fused-ring (bicyclic) bond motifs is 1. The normalized spacial score (nSPS) is 14.9. The molecular formula is C21H30Cl2N6O2. The van der Waals surface area contributed by atoms with Gasteiger partial charge in [-0.2, -0.15) is 0 Å². The van der Waals surface area contributed by atoms with Gasteiger partial charge in [-0.05, 0) is 18.5 Å². The molecule has 0 unspecified atom stereocenters. The lowest BCUT2D eigenvalue weighted by Crippen LogP contribution is -2.46. The molecule has 0 radical (unpaired) electrons. The highest BCUT2D eigenvalue weighted by atomic mass is 35.5. The van der Waals surface area contributed by atoms with Crippen molar-refractivity contribution in [2.75, 3.05) is 32.7 Å². The molecule has 3 heterocycles. The van der Waals surface area contributed by atoms with Crippen LogP contribution < -0.4 is 11.2 Å². The zero-order chi connectivity index (χ0) is 20.4. The number of halogens is 2. The highest BCUT2D eigenvalue weighted by molar-refractivity contribution is 5.85. The Balaban J connectivity index is 0.00000171. The maximum atomic E-state index is 12.5. The highest BCUT2D eigenvalue weighted by Gasteiger charge is 2.17. The average Bonchev–Trinajstić information content (AvgIpc) is 3.17. The standard InChI is InChI=1S/C21H28N6O2.2ClH/c1-23-19-18(20(28)24(2)21(23)29)27(16-22-19)10-6-9-25-11-13-26(14-12-25)15-17-7-4-3-5-8-17;;/h3-5,7-8,16H,6,9-15H2,1-2H3;2*1H. The molecule has 1 aliphatic rings. The van der Waals surface area contributed by atoms with Crippen molar-refractivity contribution in [2.24, 2.45) is 14.1 Å². The quantitative estimate of drug-likeness (QED) is 0.547. The van der Waals surface area contributed by atoms with Gasteiger partial charge < -0.3 is 9.47 Å². The fourth-order valence-corrected chi connectivity index (χ4v) is 4.04. The van der Waals surface area contributed by atoms with Gasteiger partial charge in [0.1, 0.15) is 0 Å². The molecule has 8 nitrogen and oxygen atoms in total. The van der Waals surface area contributed by atoms with Gasteiger partial charge in [-0.3, -0.25) is 18.8 Å². The molecule has 0 N–H and O–H groups in total. The Bertz CT molecular complexity index is 1100. The Hall–Kier alpha value is -2.13. The summed E-state index contributed by atoms with van der Waals surface area (Å²) in [5.41, 5.74) is 1.69. The van der Waals surface area contributed by atoms with Gasteiger partial charge in [0.15, 0.2) is 11.2 Å². The second-order valence-electron chi connectivity index (χ2n) is 7.77. The fourth-order valence-electron chi connectivity index (χ4n) is 4.04. The van der Waals surface area contributed by atoms with E-state index in [0.29, 0.717) is 17.7 Å². The number of aromatic nitrogens is 4. The first-order valence-corrected chi connectivity index (χ1v) is 10.1. The number of imidazole rings is 1. The molecule has 1 saturated heterocycles. The van der Waals surface area contributed by atoms with Gasteiger partial charge in [0.05, 0.1) is 6.33 Å². The van der Waals surface area contributed by atoms with Crippen molar-refractivity contribution in [1.82, 2.24) is 28.5 Å². The van der Waals surface area contributed by atoms with Crippen LogP contribution in [0.1, 0.15) is 12.0 Å². The van der Waals surface area contributed by atoms with Crippen LogP contribution in [0.5, 0.6) is 0 Å². The molecule has 0 atom stereocenters. The smallest absolute Gasteiger partial charge is 0.325 e. The summed E-state index contributed by atoms with van der Waals surface area (Å²) in [6.07, 6.45) is 2.61. The first-order valence-electron chi connectivity index (χ1n) is 10.1. The van der Waals surface area contributed by atoms with E-state index in [1.165, 1.54) is 17.2 Å². The van der Waals surface area contributed by atoms with Crippen molar-refractivity contribution in [3.05, 3.63) is 63.1 Å². The van der Waals surface area contributed by atoms with Gasteiger partial charge in [0.2, 0.25) is 0 Å². The minimum atomic E-state index is -0.346. The second kappa shape index (κ2) is 10.9. The Morgan fingerprint density at radius 2 is 1.52 bits per heavy atom. The number of piperazine rings is 1. The number of aryl methyl sites for hydroxylation is 2. The SMILES string of the molecule is Cl.Cl.Cn1c(=O)c2c(ncn2CCCN2CCN(Cc3ccccc3)CC2)n(C)c1=O. The van der Waals surface area contributed by atoms with Crippen LogP contribution in [-0.4, -0.2) is 61.2 Å². The van der Waals surface area contributed by atoms with Crippen LogP contribution >= 0.6 is 24.8 Å². The summed E-state index contributed by atoms with van der Waals surface area (Å²) in [7, 11) is 3.16. The fraction of sp³-hybridized carbons (Fsp3) is 0.476.